The zero-order valence-electron chi connectivity index (χ0n) is 13.4. The molecule has 0 aliphatic rings. The summed E-state index contributed by atoms with van der Waals surface area (Å²) in [6.45, 7) is 4.99. The van der Waals surface area contributed by atoms with Gasteiger partial charge >= 0.3 is 0 Å². The predicted octanol–water partition coefficient (Wildman–Crippen LogP) is 3.65. The molecule has 126 valence electrons. The van der Waals surface area contributed by atoms with Crippen molar-refractivity contribution in [1.29, 1.82) is 0 Å². The molecule has 1 amide bonds. The van der Waals surface area contributed by atoms with Gasteiger partial charge in [0.05, 0.1) is 5.75 Å². The fraction of sp³-hybridized carbons (Fsp3) is 0.533. The van der Waals surface area contributed by atoms with Crippen LogP contribution in [0.25, 0.3) is 0 Å². The van der Waals surface area contributed by atoms with Gasteiger partial charge in [0, 0.05) is 17.5 Å². The van der Waals surface area contributed by atoms with Gasteiger partial charge in [0.25, 0.3) is 0 Å². The lowest BCUT2D eigenvalue weighted by Gasteiger charge is -2.11. The fourth-order valence-electron chi connectivity index (χ4n) is 2.04. The average molecular weight is 371 g/mol. The molecule has 0 bridgehead atoms. The van der Waals surface area contributed by atoms with Crippen molar-refractivity contribution >= 4 is 45.5 Å². The van der Waals surface area contributed by atoms with E-state index in [1.807, 2.05) is 6.92 Å². The SMILES string of the molecule is CCCC(C)NC(=O)CSc1nnc(NCCc2cccs2)s1. The molecule has 2 rings (SSSR count). The first-order valence-corrected chi connectivity index (χ1v) is 10.4. The number of hydrogen-bond donors (Lipinski definition) is 2. The van der Waals surface area contributed by atoms with Gasteiger partial charge in [0.2, 0.25) is 11.0 Å². The zero-order chi connectivity index (χ0) is 16.5. The minimum Gasteiger partial charge on any atom is -0.360 e. The molecular formula is C15H22N4OS3. The first-order valence-electron chi connectivity index (χ1n) is 7.69. The molecule has 0 aromatic carbocycles. The number of nitrogens with one attached hydrogen (secondary N) is 2. The first-order chi connectivity index (χ1) is 11.2. The number of aromatic nitrogens is 2. The normalized spacial score (nSPS) is 12.1. The van der Waals surface area contributed by atoms with Crippen LogP contribution in [0.2, 0.25) is 0 Å². The van der Waals surface area contributed by atoms with E-state index in [4.69, 9.17) is 0 Å². The molecule has 8 heteroatoms. The molecule has 2 aromatic heterocycles. The molecule has 0 radical (unpaired) electrons. The highest BCUT2D eigenvalue weighted by atomic mass is 32.2. The van der Waals surface area contributed by atoms with Gasteiger partial charge in [0.15, 0.2) is 4.34 Å². The molecule has 0 aliphatic heterocycles. The zero-order valence-corrected chi connectivity index (χ0v) is 15.8. The monoisotopic (exact) mass is 370 g/mol. The minimum atomic E-state index is 0.0540. The summed E-state index contributed by atoms with van der Waals surface area (Å²) in [6, 6.07) is 4.43. The highest BCUT2D eigenvalue weighted by molar-refractivity contribution is 8.01. The summed E-state index contributed by atoms with van der Waals surface area (Å²) in [5.74, 6) is 0.441. The van der Waals surface area contributed by atoms with E-state index in [1.165, 1.54) is 28.0 Å². The number of carbonyl (C=O) groups is 1. The number of thioether (sulfide) groups is 1. The molecule has 0 fully saturated rings. The summed E-state index contributed by atoms with van der Waals surface area (Å²) in [7, 11) is 0. The molecular weight excluding hydrogens is 348 g/mol. The average Bonchev–Trinajstić information content (AvgIpc) is 3.17. The van der Waals surface area contributed by atoms with Crippen LogP contribution in [-0.2, 0) is 11.2 Å². The van der Waals surface area contributed by atoms with E-state index in [-0.39, 0.29) is 11.9 Å². The number of rotatable bonds is 10. The Kier molecular flexibility index (Phi) is 7.84. The van der Waals surface area contributed by atoms with E-state index >= 15 is 0 Å². The summed E-state index contributed by atoms with van der Waals surface area (Å²) in [5, 5.41) is 17.4. The van der Waals surface area contributed by atoms with Gasteiger partial charge < -0.3 is 10.6 Å². The number of amides is 1. The quantitative estimate of drug-likeness (QED) is 0.625. The van der Waals surface area contributed by atoms with Crippen LogP contribution in [0.4, 0.5) is 5.13 Å². The van der Waals surface area contributed by atoms with Gasteiger partial charge in [-0.2, -0.15) is 0 Å². The van der Waals surface area contributed by atoms with Gasteiger partial charge in [-0.05, 0) is 31.2 Å². The van der Waals surface area contributed by atoms with Crippen LogP contribution in [0.1, 0.15) is 31.6 Å². The Morgan fingerprint density at radius 1 is 1.43 bits per heavy atom. The number of anilines is 1. The van der Waals surface area contributed by atoms with Crippen molar-refractivity contribution in [2.24, 2.45) is 0 Å². The third kappa shape index (κ3) is 6.88. The van der Waals surface area contributed by atoms with E-state index < -0.39 is 0 Å². The van der Waals surface area contributed by atoms with Crippen LogP contribution in [0.15, 0.2) is 21.9 Å². The third-order valence-corrected chi connectivity index (χ3v) is 6.04. The number of thiophene rings is 1. The maximum absolute atomic E-state index is 11.8. The predicted molar refractivity (Wildman–Crippen MR) is 99.7 cm³/mol. The number of nitrogens with zero attached hydrogens (tertiary/aromatic N) is 2. The Hall–Kier alpha value is -1.12. The summed E-state index contributed by atoms with van der Waals surface area (Å²) < 4.78 is 0.821. The van der Waals surface area contributed by atoms with E-state index in [9.17, 15) is 4.79 Å². The van der Waals surface area contributed by atoms with E-state index in [1.54, 1.807) is 11.3 Å². The molecule has 1 unspecified atom stereocenters. The van der Waals surface area contributed by atoms with Gasteiger partial charge in [0.1, 0.15) is 0 Å². The molecule has 23 heavy (non-hydrogen) atoms. The summed E-state index contributed by atoms with van der Waals surface area (Å²) >= 11 is 4.69. The van der Waals surface area contributed by atoms with E-state index in [0.29, 0.717) is 5.75 Å². The maximum atomic E-state index is 11.8. The van der Waals surface area contributed by atoms with Crippen LogP contribution in [0.3, 0.4) is 0 Å². The largest absolute Gasteiger partial charge is 0.360 e. The Balaban J connectivity index is 1.66. The molecule has 1 atom stereocenters. The summed E-state index contributed by atoms with van der Waals surface area (Å²) in [4.78, 5) is 13.2. The molecule has 0 aliphatic carbocycles. The van der Waals surface area contributed by atoms with Gasteiger partial charge in [-0.1, -0.05) is 42.5 Å². The maximum Gasteiger partial charge on any atom is 0.230 e. The molecule has 5 nitrogen and oxygen atoms in total. The van der Waals surface area contributed by atoms with Crippen molar-refractivity contribution in [2.45, 2.75) is 43.5 Å². The van der Waals surface area contributed by atoms with Gasteiger partial charge in [-0.15, -0.1) is 21.5 Å². The van der Waals surface area contributed by atoms with E-state index in [2.05, 4.69) is 45.3 Å². The fourth-order valence-corrected chi connectivity index (χ4v) is 4.33. The van der Waals surface area contributed by atoms with Crippen molar-refractivity contribution in [1.82, 2.24) is 15.5 Å². The first kappa shape index (κ1) is 18.2. The van der Waals surface area contributed by atoms with Crippen molar-refractivity contribution in [3.63, 3.8) is 0 Å². The Labute approximate surface area is 149 Å². The second kappa shape index (κ2) is 9.89. The van der Waals surface area contributed by atoms with Crippen molar-refractivity contribution in [3.05, 3.63) is 22.4 Å². The number of carbonyl (C=O) groups excluding carboxylic acids is 1. The van der Waals surface area contributed by atoms with Crippen LogP contribution in [-0.4, -0.2) is 34.4 Å². The standard InChI is InChI=1S/C15H22N4OS3/c1-3-5-11(2)17-13(20)10-22-15-19-18-14(23-15)16-8-7-12-6-4-9-21-12/h4,6,9,11H,3,5,7-8,10H2,1-2H3,(H,16,18)(H,17,20). The van der Waals surface area contributed by atoms with Crippen molar-refractivity contribution in [3.8, 4) is 0 Å². The second-order valence-electron chi connectivity index (χ2n) is 5.18. The molecule has 2 aromatic rings. The lowest BCUT2D eigenvalue weighted by Crippen LogP contribution is -2.33. The minimum absolute atomic E-state index is 0.0540. The molecule has 2 N–H and O–H groups in total. The Bertz CT molecular complexity index is 585. The lowest BCUT2D eigenvalue weighted by atomic mass is 10.2. The third-order valence-electron chi connectivity index (χ3n) is 3.09. The topological polar surface area (TPSA) is 66.9 Å². The van der Waals surface area contributed by atoms with Crippen LogP contribution < -0.4 is 10.6 Å². The van der Waals surface area contributed by atoms with Crippen LogP contribution in [0, 0.1) is 0 Å². The summed E-state index contributed by atoms with van der Waals surface area (Å²) in [6.07, 6.45) is 3.07. The molecule has 0 spiro atoms. The number of hydrogen-bond acceptors (Lipinski definition) is 7. The van der Waals surface area contributed by atoms with Crippen molar-refractivity contribution < 1.29 is 4.79 Å². The molecule has 0 saturated heterocycles. The second-order valence-corrected chi connectivity index (χ2v) is 8.41. The smallest absolute Gasteiger partial charge is 0.230 e. The van der Waals surface area contributed by atoms with Gasteiger partial charge in [-0.3, -0.25) is 4.79 Å². The summed E-state index contributed by atoms with van der Waals surface area (Å²) in [5.41, 5.74) is 0. The molecule has 0 saturated carbocycles. The van der Waals surface area contributed by atoms with Crippen LogP contribution in [0.5, 0.6) is 0 Å². The Morgan fingerprint density at radius 2 is 2.30 bits per heavy atom. The Morgan fingerprint density at radius 3 is 3.04 bits per heavy atom. The van der Waals surface area contributed by atoms with Gasteiger partial charge in [-0.25, -0.2) is 0 Å². The van der Waals surface area contributed by atoms with Crippen molar-refractivity contribution in [2.75, 3.05) is 17.6 Å². The van der Waals surface area contributed by atoms with Crippen LogP contribution >= 0.6 is 34.4 Å². The highest BCUT2D eigenvalue weighted by Gasteiger charge is 2.10. The molecule has 2 heterocycles. The van der Waals surface area contributed by atoms with E-state index in [0.717, 1.165) is 35.3 Å². The lowest BCUT2D eigenvalue weighted by molar-refractivity contribution is -0.119. The highest BCUT2D eigenvalue weighted by Crippen LogP contribution is 2.25.